The Morgan fingerprint density at radius 2 is 1.25 bits per heavy atom. The number of nitrogens with one attached hydrogen (secondary N) is 3. The Bertz CT molecular complexity index is 2070. The van der Waals surface area contributed by atoms with Crippen LogP contribution in [0.2, 0.25) is 0 Å². The lowest BCUT2D eigenvalue weighted by Gasteiger charge is -2.32. The highest BCUT2D eigenvalue weighted by atomic mass is 16.4. The van der Waals surface area contributed by atoms with Crippen molar-refractivity contribution in [2.45, 2.75) is 62.7 Å². The number of amides is 3. The van der Waals surface area contributed by atoms with Crippen LogP contribution < -0.4 is 5.32 Å². The maximum absolute atomic E-state index is 13.9. The molecule has 0 aliphatic carbocycles. The van der Waals surface area contributed by atoms with Gasteiger partial charge in [-0.25, -0.2) is 14.8 Å². The van der Waals surface area contributed by atoms with E-state index in [1.54, 1.807) is 23.2 Å². The van der Waals surface area contributed by atoms with Crippen LogP contribution >= 0.6 is 0 Å². The van der Waals surface area contributed by atoms with Crippen LogP contribution in [0, 0.1) is 0 Å². The summed E-state index contributed by atoms with van der Waals surface area (Å²) >= 11 is 0. The fourth-order valence-corrected chi connectivity index (χ4v) is 8.15. The molecular formula is C41H44N8O4. The van der Waals surface area contributed by atoms with Gasteiger partial charge in [0, 0.05) is 20.1 Å². The van der Waals surface area contributed by atoms with Gasteiger partial charge < -0.3 is 30.2 Å². The van der Waals surface area contributed by atoms with Crippen molar-refractivity contribution in [1.82, 2.24) is 40.0 Å². The van der Waals surface area contributed by atoms with Crippen LogP contribution in [0.3, 0.4) is 0 Å². The summed E-state index contributed by atoms with van der Waals surface area (Å²) in [6.45, 7) is 2.21. The number of rotatable bonds is 9. The quantitative estimate of drug-likeness (QED) is 0.135. The number of imidazole rings is 2. The summed E-state index contributed by atoms with van der Waals surface area (Å²) in [7, 11) is 1.44. The van der Waals surface area contributed by atoms with Gasteiger partial charge in [-0.1, -0.05) is 78.9 Å². The molecule has 0 unspecified atom stereocenters. The highest BCUT2D eigenvalue weighted by Crippen LogP contribution is 2.36. The summed E-state index contributed by atoms with van der Waals surface area (Å²) in [6, 6.07) is 24.4. The van der Waals surface area contributed by atoms with Gasteiger partial charge in [-0.05, 0) is 72.9 Å². The number of benzene rings is 3. The van der Waals surface area contributed by atoms with E-state index in [2.05, 4.69) is 68.8 Å². The Labute approximate surface area is 308 Å². The van der Waals surface area contributed by atoms with Gasteiger partial charge in [-0.15, -0.1) is 0 Å². The van der Waals surface area contributed by atoms with Crippen LogP contribution in [0.5, 0.6) is 0 Å². The number of nitrogens with zero attached hydrogens (tertiary/aromatic N) is 5. The number of aromatic nitrogens is 4. The Balaban J connectivity index is 0.936. The molecule has 4 N–H and O–H groups in total. The predicted molar refractivity (Wildman–Crippen MR) is 200 cm³/mol. The molecule has 0 saturated carbocycles. The Morgan fingerprint density at radius 1 is 0.717 bits per heavy atom. The van der Waals surface area contributed by atoms with Crippen LogP contribution in [0.1, 0.15) is 73.9 Å². The summed E-state index contributed by atoms with van der Waals surface area (Å²) in [6.07, 6.45) is 7.89. The van der Waals surface area contributed by atoms with E-state index in [-0.39, 0.29) is 29.9 Å². The Hall–Kier alpha value is -5.75. The molecule has 0 spiro atoms. The first-order valence-electron chi connectivity index (χ1n) is 18.5. The maximum atomic E-state index is 13.9. The van der Waals surface area contributed by atoms with Gasteiger partial charge in [0.1, 0.15) is 17.7 Å². The van der Waals surface area contributed by atoms with Crippen molar-refractivity contribution in [2.75, 3.05) is 26.7 Å². The van der Waals surface area contributed by atoms with Crippen molar-refractivity contribution in [1.29, 1.82) is 0 Å². The number of H-pyrrole nitrogens is 2. The number of hydrogen-bond donors (Lipinski definition) is 4. The Morgan fingerprint density at radius 3 is 1.77 bits per heavy atom. The third-order valence-corrected chi connectivity index (χ3v) is 11.0. The number of carboxylic acid groups (broad SMARTS) is 1. The molecule has 3 fully saturated rings. The average molecular weight is 713 g/mol. The highest BCUT2D eigenvalue weighted by molar-refractivity contribution is 5.87. The lowest BCUT2D eigenvalue weighted by molar-refractivity contribution is -0.137. The van der Waals surface area contributed by atoms with Crippen molar-refractivity contribution in [3.05, 3.63) is 108 Å². The number of aromatic amines is 2. The molecule has 3 amide bonds. The zero-order chi connectivity index (χ0) is 36.5. The monoisotopic (exact) mass is 712 g/mol. The summed E-state index contributed by atoms with van der Waals surface area (Å²) in [5.74, 6) is 1.47. The first-order valence-corrected chi connectivity index (χ1v) is 18.5. The minimum Gasteiger partial charge on any atom is -0.465 e. The molecule has 3 aromatic carbocycles. The van der Waals surface area contributed by atoms with Gasteiger partial charge in [0.2, 0.25) is 5.91 Å². The number of carbonyl (C=O) groups is 3. The third kappa shape index (κ3) is 6.82. The number of carbonyl (C=O) groups excluding carboxylic acids is 2. The average Bonchev–Trinajstić information content (AvgIpc) is 4.05. The van der Waals surface area contributed by atoms with Crippen molar-refractivity contribution < 1.29 is 19.5 Å². The first-order chi connectivity index (χ1) is 25.9. The summed E-state index contributed by atoms with van der Waals surface area (Å²) in [5, 5.41) is 13.1. The van der Waals surface area contributed by atoms with E-state index in [4.69, 9.17) is 4.98 Å². The topological polar surface area (TPSA) is 151 Å². The normalized spacial score (nSPS) is 20.5. The van der Waals surface area contributed by atoms with Gasteiger partial charge in [-0.2, -0.15) is 0 Å². The molecule has 53 heavy (non-hydrogen) atoms. The molecule has 12 heteroatoms. The fraction of sp³-hybridized carbons (Fsp3) is 0.341. The molecule has 3 saturated heterocycles. The minimum absolute atomic E-state index is 0.0141. The minimum atomic E-state index is -1.16. The van der Waals surface area contributed by atoms with Crippen LogP contribution in [-0.4, -0.2) is 90.4 Å². The van der Waals surface area contributed by atoms with Gasteiger partial charge in [-0.3, -0.25) is 14.5 Å². The lowest BCUT2D eigenvalue weighted by atomic mass is 10.0. The standard InChI is InChI=1S/C41H44N8O4/c1-47(41(52)53)36(30-8-3-2-4-9-30)40(51)49-23-7-12-35(49)38-44-25-33(46-38)29-19-15-27(16-20-29)26-13-17-28(18-14-26)32-24-43-37(45-32)34-11-6-22-48(34)39(50)31-10-5-21-42-31/h2-4,8-9,13-20,24-25,31,34-36,42H,5-7,10-12,21-23H2,1H3,(H,43,45)(H,44,46)(H,52,53)/t31-,34-,35-,36+/m0/s1. The molecule has 272 valence electrons. The van der Waals surface area contributed by atoms with E-state index in [1.807, 2.05) is 29.3 Å². The number of likely N-dealkylation sites (tertiary alicyclic amines) is 2. The Kier molecular flexibility index (Phi) is 9.53. The van der Waals surface area contributed by atoms with Crippen molar-refractivity contribution in [3.63, 3.8) is 0 Å². The van der Waals surface area contributed by atoms with E-state index in [0.717, 1.165) is 96.0 Å². The second-order valence-electron chi connectivity index (χ2n) is 14.3. The second-order valence-corrected chi connectivity index (χ2v) is 14.3. The third-order valence-electron chi connectivity index (χ3n) is 11.0. The maximum Gasteiger partial charge on any atom is 0.407 e. The second kappa shape index (κ2) is 14.7. The fourth-order valence-electron chi connectivity index (χ4n) is 8.15. The van der Waals surface area contributed by atoms with Gasteiger partial charge in [0.25, 0.3) is 5.91 Å². The zero-order valence-electron chi connectivity index (χ0n) is 29.7. The molecule has 5 heterocycles. The van der Waals surface area contributed by atoms with Crippen LogP contribution in [0.4, 0.5) is 4.79 Å². The van der Waals surface area contributed by atoms with Crippen molar-refractivity contribution in [3.8, 4) is 33.6 Å². The molecule has 3 aliphatic heterocycles. The molecule has 12 nitrogen and oxygen atoms in total. The van der Waals surface area contributed by atoms with E-state index in [1.165, 1.54) is 7.05 Å². The summed E-state index contributed by atoms with van der Waals surface area (Å²) in [5.41, 5.74) is 6.58. The smallest absolute Gasteiger partial charge is 0.407 e. The molecule has 0 radical (unpaired) electrons. The predicted octanol–water partition coefficient (Wildman–Crippen LogP) is 6.56. The number of hydrogen-bond acceptors (Lipinski definition) is 6. The zero-order valence-corrected chi connectivity index (χ0v) is 29.7. The highest BCUT2D eigenvalue weighted by Gasteiger charge is 2.39. The molecule has 4 atom stereocenters. The van der Waals surface area contributed by atoms with Gasteiger partial charge in [0.05, 0.1) is 41.9 Å². The van der Waals surface area contributed by atoms with Gasteiger partial charge in [0.15, 0.2) is 0 Å². The van der Waals surface area contributed by atoms with Crippen molar-refractivity contribution >= 4 is 17.9 Å². The molecule has 5 aromatic rings. The van der Waals surface area contributed by atoms with E-state index < -0.39 is 12.1 Å². The van der Waals surface area contributed by atoms with E-state index in [0.29, 0.717) is 17.9 Å². The molecule has 2 aromatic heterocycles. The molecular weight excluding hydrogens is 669 g/mol. The summed E-state index contributed by atoms with van der Waals surface area (Å²) in [4.78, 5) is 60.2. The number of likely N-dealkylation sites (N-methyl/N-ethyl adjacent to an activating group) is 1. The SMILES string of the molecule is CN(C(=O)O)[C@@H](C(=O)N1CCC[C@H]1c1ncc(-c2ccc(-c3ccc(-c4cnc([C@@H]5CCCN5C(=O)[C@@H]5CCCN5)[nH]4)cc3)cc2)[nH]1)c1ccccc1. The van der Waals surface area contributed by atoms with E-state index in [9.17, 15) is 19.5 Å². The van der Waals surface area contributed by atoms with Crippen LogP contribution in [-0.2, 0) is 9.59 Å². The molecule has 3 aliphatic rings. The largest absolute Gasteiger partial charge is 0.465 e. The van der Waals surface area contributed by atoms with Crippen LogP contribution in [0.15, 0.2) is 91.3 Å². The first kappa shape index (κ1) is 34.3. The summed E-state index contributed by atoms with van der Waals surface area (Å²) < 4.78 is 0. The molecule has 8 rings (SSSR count). The van der Waals surface area contributed by atoms with E-state index >= 15 is 0 Å². The van der Waals surface area contributed by atoms with Crippen LogP contribution in [0.25, 0.3) is 33.6 Å². The lowest BCUT2D eigenvalue weighted by Crippen LogP contribution is -2.43. The molecule has 0 bridgehead atoms. The van der Waals surface area contributed by atoms with Crippen molar-refractivity contribution in [2.24, 2.45) is 0 Å². The van der Waals surface area contributed by atoms with Gasteiger partial charge >= 0.3 is 6.09 Å².